The molecule has 0 fully saturated rings. The van der Waals surface area contributed by atoms with Gasteiger partial charge in [0.2, 0.25) is 0 Å². The van der Waals surface area contributed by atoms with Crippen molar-refractivity contribution in [2.24, 2.45) is 0 Å². The van der Waals surface area contributed by atoms with Crippen LogP contribution >= 0.6 is 11.3 Å². The summed E-state index contributed by atoms with van der Waals surface area (Å²) in [6.07, 6.45) is 0. The normalized spacial score (nSPS) is 10.4. The second kappa shape index (κ2) is 5.46. The SMILES string of the molecule is Cc1cc(C(=O)NNC(=O)c2sc(C)nc2C)c(C)o1. The number of rotatable bonds is 2. The van der Waals surface area contributed by atoms with E-state index in [-0.39, 0.29) is 5.91 Å². The first-order chi connectivity index (χ1) is 9.38. The summed E-state index contributed by atoms with van der Waals surface area (Å²) in [5.41, 5.74) is 5.80. The molecule has 2 aromatic heterocycles. The molecule has 6 nitrogen and oxygen atoms in total. The fraction of sp³-hybridized carbons (Fsp3) is 0.308. The van der Waals surface area contributed by atoms with E-state index in [4.69, 9.17) is 4.42 Å². The van der Waals surface area contributed by atoms with Crippen molar-refractivity contribution in [3.63, 3.8) is 0 Å². The molecule has 2 heterocycles. The van der Waals surface area contributed by atoms with Gasteiger partial charge in [0.25, 0.3) is 11.8 Å². The van der Waals surface area contributed by atoms with E-state index in [0.29, 0.717) is 27.7 Å². The average Bonchev–Trinajstić information content (AvgIpc) is 2.88. The summed E-state index contributed by atoms with van der Waals surface area (Å²) in [5.74, 6) is 0.373. The maximum absolute atomic E-state index is 11.9. The number of hydrogen-bond donors (Lipinski definition) is 2. The number of nitrogens with zero attached hydrogens (tertiary/aromatic N) is 1. The lowest BCUT2D eigenvalue weighted by molar-refractivity contribution is 0.0847. The molecule has 0 atom stereocenters. The second-order valence-corrected chi connectivity index (χ2v) is 5.59. The van der Waals surface area contributed by atoms with E-state index < -0.39 is 5.91 Å². The Kier molecular flexibility index (Phi) is 3.89. The van der Waals surface area contributed by atoms with Gasteiger partial charge in [0, 0.05) is 0 Å². The number of nitrogens with one attached hydrogen (secondary N) is 2. The van der Waals surface area contributed by atoms with Crippen LogP contribution in [0.15, 0.2) is 10.5 Å². The second-order valence-electron chi connectivity index (χ2n) is 4.38. The molecule has 0 aromatic carbocycles. The summed E-state index contributed by atoms with van der Waals surface area (Å²) < 4.78 is 5.27. The molecular weight excluding hydrogens is 278 g/mol. The van der Waals surface area contributed by atoms with Crippen LogP contribution in [0.25, 0.3) is 0 Å². The van der Waals surface area contributed by atoms with Crippen molar-refractivity contribution in [2.45, 2.75) is 27.7 Å². The molecule has 0 aliphatic rings. The van der Waals surface area contributed by atoms with Gasteiger partial charge in [-0.3, -0.25) is 20.4 Å². The van der Waals surface area contributed by atoms with Crippen LogP contribution < -0.4 is 10.9 Å². The van der Waals surface area contributed by atoms with E-state index in [2.05, 4.69) is 15.8 Å². The lowest BCUT2D eigenvalue weighted by atomic mass is 10.2. The largest absolute Gasteiger partial charge is 0.466 e. The van der Waals surface area contributed by atoms with Gasteiger partial charge in [-0.2, -0.15) is 0 Å². The highest BCUT2D eigenvalue weighted by molar-refractivity contribution is 7.13. The van der Waals surface area contributed by atoms with Gasteiger partial charge < -0.3 is 4.42 Å². The molecule has 106 valence electrons. The van der Waals surface area contributed by atoms with Crippen LogP contribution in [0, 0.1) is 27.7 Å². The van der Waals surface area contributed by atoms with Gasteiger partial charge in [-0.15, -0.1) is 11.3 Å². The highest BCUT2D eigenvalue weighted by Gasteiger charge is 2.17. The minimum atomic E-state index is -0.411. The fourth-order valence-corrected chi connectivity index (χ4v) is 2.65. The molecule has 0 aliphatic carbocycles. The van der Waals surface area contributed by atoms with Crippen LogP contribution in [0.2, 0.25) is 0 Å². The number of hydrogen-bond acceptors (Lipinski definition) is 5. The molecule has 2 aromatic rings. The van der Waals surface area contributed by atoms with Crippen LogP contribution in [-0.2, 0) is 0 Å². The third-order valence-corrected chi connectivity index (χ3v) is 3.76. The predicted octanol–water partition coefficient (Wildman–Crippen LogP) is 2.04. The van der Waals surface area contributed by atoms with E-state index in [1.54, 1.807) is 26.8 Å². The molecule has 2 amide bonds. The highest BCUT2D eigenvalue weighted by Crippen LogP contribution is 2.16. The molecule has 0 saturated carbocycles. The number of aromatic nitrogens is 1. The molecule has 0 saturated heterocycles. The Bertz CT molecular complexity index is 614. The van der Waals surface area contributed by atoms with Crippen LogP contribution in [-0.4, -0.2) is 16.8 Å². The maximum atomic E-state index is 11.9. The molecule has 0 radical (unpaired) electrons. The maximum Gasteiger partial charge on any atom is 0.281 e. The van der Waals surface area contributed by atoms with Crippen LogP contribution in [0.5, 0.6) is 0 Å². The Morgan fingerprint density at radius 2 is 1.80 bits per heavy atom. The van der Waals surface area contributed by atoms with Crippen molar-refractivity contribution in [3.8, 4) is 0 Å². The minimum absolute atomic E-state index is 0.376. The Labute approximate surface area is 120 Å². The number of hydrazine groups is 1. The third kappa shape index (κ3) is 2.88. The zero-order chi connectivity index (χ0) is 14.9. The van der Waals surface area contributed by atoms with Gasteiger partial charge in [-0.1, -0.05) is 0 Å². The Hall–Kier alpha value is -2.15. The minimum Gasteiger partial charge on any atom is -0.466 e. The Morgan fingerprint density at radius 3 is 2.30 bits per heavy atom. The zero-order valence-corrected chi connectivity index (χ0v) is 12.5. The summed E-state index contributed by atoms with van der Waals surface area (Å²) >= 11 is 1.28. The number of carbonyl (C=O) groups is 2. The van der Waals surface area contributed by atoms with E-state index in [1.165, 1.54) is 11.3 Å². The van der Waals surface area contributed by atoms with Gasteiger partial charge in [-0.25, -0.2) is 4.98 Å². The van der Waals surface area contributed by atoms with Crippen molar-refractivity contribution < 1.29 is 14.0 Å². The summed E-state index contributed by atoms with van der Waals surface area (Å²) in [4.78, 5) is 28.5. The van der Waals surface area contributed by atoms with Gasteiger partial charge in [0.1, 0.15) is 16.4 Å². The van der Waals surface area contributed by atoms with E-state index in [1.807, 2.05) is 6.92 Å². The Morgan fingerprint density at radius 1 is 1.15 bits per heavy atom. The summed E-state index contributed by atoms with van der Waals surface area (Å²) in [6.45, 7) is 7.03. The lowest BCUT2D eigenvalue weighted by Gasteiger charge is -2.05. The van der Waals surface area contributed by atoms with E-state index in [0.717, 1.165) is 5.01 Å². The van der Waals surface area contributed by atoms with Gasteiger partial charge >= 0.3 is 0 Å². The number of thiazole rings is 1. The third-order valence-electron chi connectivity index (χ3n) is 2.68. The van der Waals surface area contributed by atoms with E-state index >= 15 is 0 Å². The quantitative estimate of drug-likeness (QED) is 0.830. The monoisotopic (exact) mass is 293 g/mol. The van der Waals surface area contributed by atoms with Crippen molar-refractivity contribution in [1.82, 2.24) is 15.8 Å². The van der Waals surface area contributed by atoms with Crippen molar-refractivity contribution in [3.05, 3.63) is 38.7 Å². The van der Waals surface area contributed by atoms with Gasteiger partial charge in [-0.05, 0) is 33.8 Å². The first kappa shape index (κ1) is 14.3. The number of amides is 2. The molecule has 0 unspecified atom stereocenters. The average molecular weight is 293 g/mol. The summed E-state index contributed by atoms with van der Waals surface area (Å²) in [7, 11) is 0. The molecule has 2 N–H and O–H groups in total. The standard InChI is InChI=1S/C13H15N3O3S/c1-6-5-10(8(3)19-6)12(17)15-16-13(18)11-7(2)14-9(4)20-11/h5H,1-4H3,(H,15,17)(H,16,18). The topological polar surface area (TPSA) is 84.2 Å². The number of aryl methyl sites for hydroxylation is 4. The molecule has 0 bridgehead atoms. The van der Waals surface area contributed by atoms with Crippen molar-refractivity contribution >= 4 is 23.2 Å². The van der Waals surface area contributed by atoms with Crippen LogP contribution in [0.4, 0.5) is 0 Å². The summed E-state index contributed by atoms with van der Waals surface area (Å²) in [5, 5.41) is 0.806. The van der Waals surface area contributed by atoms with Crippen LogP contribution in [0.1, 0.15) is 42.3 Å². The zero-order valence-electron chi connectivity index (χ0n) is 11.7. The number of carbonyl (C=O) groups excluding carboxylic acids is 2. The molecule has 20 heavy (non-hydrogen) atoms. The fourth-order valence-electron chi connectivity index (χ4n) is 1.84. The first-order valence-electron chi connectivity index (χ1n) is 6.00. The van der Waals surface area contributed by atoms with Crippen molar-refractivity contribution in [2.75, 3.05) is 0 Å². The van der Waals surface area contributed by atoms with Crippen molar-refractivity contribution in [1.29, 1.82) is 0 Å². The van der Waals surface area contributed by atoms with E-state index in [9.17, 15) is 9.59 Å². The molecule has 2 rings (SSSR count). The van der Waals surface area contributed by atoms with Gasteiger partial charge in [0.05, 0.1) is 16.3 Å². The van der Waals surface area contributed by atoms with Crippen LogP contribution in [0.3, 0.4) is 0 Å². The molecule has 0 aliphatic heterocycles. The Balaban J connectivity index is 2.02. The molecule has 7 heteroatoms. The van der Waals surface area contributed by atoms with Gasteiger partial charge in [0.15, 0.2) is 0 Å². The first-order valence-corrected chi connectivity index (χ1v) is 6.82. The highest BCUT2D eigenvalue weighted by atomic mass is 32.1. The predicted molar refractivity (Wildman–Crippen MR) is 74.7 cm³/mol. The molecule has 0 spiro atoms. The number of furan rings is 1. The summed E-state index contributed by atoms with van der Waals surface area (Å²) in [6, 6.07) is 1.62. The lowest BCUT2D eigenvalue weighted by Crippen LogP contribution is -2.41. The smallest absolute Gasteiger partial charge is 0.281 e. The molecular formula is C13H15N3O3S.